The molecule has 118 valence electrons. The number of nitrogens with one attached hydrogen (secondary N) is 1. The molecule has 1 N–H and O–H groups in total. The molecule has 0 aliphatic rings. The Morgan fingerprint density at radius 3 is 2.41 bits per heavy atom. The Hall–Kier alpha value is -1.80. The third-order valence-corrected chi connectivity index (χ3v) is 3.95. The van der Waals surface area contributed by atoms with Crippen LogP contribution in [0.4, 0.5) is 0 Å². The summed E-state index contributed by atoms with van der Waals surface area (Å²) in [4.78, 5) is 0. The Morgan fingerprint density at radius 2 is 1.77 bits per heavy atom. The van der Waals surface area contributed by atoms with Crippen molar-refractivity contribution in [1.82, 2.24) is 5.32 Å². The van der Waals surface area contributed by atoms with Crippen molar-refractivity contribution < 1.29 is 4.74 Å². The summed E-state index contributed by atoms with van der Waals surface area (Å²) in [5.74, 6) is 1.33. The molecule has 0 aromatic heterocycles. The van der Waals surface area contributed by atoms with Gasteiger partial charge in [-0.25, -0.2) is 0 Å². The summed E-state index contributed by atoms with van der Waals surface area (Å²) < 4.78 is 5.61. The number of aryl methyl sites for hydroxylation is 1. The summed E-state index contributed by atoms with van der Waals surface area (Å²) in [5, 5.41) is 3.53. The first-order chi connectivity index (χ1) is 10.6. The second-order valence-corrected chi connectivity index (χ2v) is 6.11. The minimum absolute atomic E-state index is 0.349. The van der Waals surface area contributed by atoms with Crippen molar-refractivity contribution in [1.29, 1.82) is 0 Å². The lowest BCUT2D eigenvalue weighted by molar-refractivity contribution is 0.405. The molecule has 2 aromatic carbocycles. The zero-order valence-electron chi connectivity index (χ0n) is 14.1. The fourth-order valence-electron chi connectivity index (χ4n) is 2.83. The van der Waals surface area contributed by atoms with Crippen LogP contribution in [0.3, 0.4) is 0 Å². The van der Waals surface area contributed by atoms with E-state index in [9.17, 15) is 0 Å². The normalized spacial score (nSPS) is 12.4. The van der Waals surface area contributed by atoms with Gasteiger partial charge >= 0.3 is 0 Å². The number of ether oxygens (including phenoxy) is 1. The van der Waals surface area contributed by atoms with Crippen molar-refractivity contribution in [2.45, 2.75) is 39.2 Å². The third-order valence-electron chi connectivity index (χ3n) is 3.95. The van der Waals surface area contributed by atoms with E-state index in [1.165, 1.54) is 16.7 Å². The average molecular weight is 297 g/mol. The van der Waals surface area contributed by atoms with Crippen LogP contribution in [-0.4, -0.2) is 19.7 Å². The van der Waals surface area contributed by atoms with Crippen molar-refractivity contribution in [3.05, 3.63) is 65.2 Å². The zero-order chi connectivity index (χ0) is 15.9. The first kappa shape index (κ1) is 16.6. The van der Waals surface area contributed by atoms with Gasteiger partial charge in [-0.1, -0.05) is 61.9 Å². The lowest BCUT2D eigenvalue weighted by Crippen LogP contribution is -2.25. The van der Waals surface area contributed by atoms with Crippen LogP contribution in [0.15, 0.2) is 48.5 Å². The van der Waals surface area contributed by atoms with Crippen LogP contribution < -0.4 is 10.1 Å². The molecule has 0 saturated heterocycles. The molecule has 1 atom stereocenters. The standard InChI is InChI=1S/C20H27NO/c1-15(2)21-13-12-18(17-8-6-5-7-9-17)19-14-16(3)10-11-20(19)22-4/h5-11,14-15,18,21H,12-13H2,1-4H3/t18-/m0/s1. The molecule has 0 fully saturated rings. The second-order valence-electron chi connectivity index (χ2n) is 6.11. The van der Waals surface area contributed by atoms with Crippen LogP contribution in [0.2, 0.25) is 0 Å². The highest BCUT2D eigenvalue weighted by atomic mass is 16.5. The zero-order valence-corrected chi connectivity index (χ0v) is 14.1. The van der Waals surface area contributed by atoms with E-state index in [0.29, 0.717) is 12.0 Å². The summed E-state index contributed by atoms with van der Waals surface area (Å²) in [5.41, 5.74) is 3.89. The van der Waals surface area contributed by atoms with Crippen molar-refractivity contribution in [2.24, 2.45) is 0 Å². The fraction of sp³-hybridized carbons (Fsp3) is 0.400. The van der Waals surface area contributed by atoms with Gasteiger partial charge in [0.1, 0.15) is 5.75 Å². The molecule has 0 aliphatic heterocycles. The molecular formula is C20H27NO. The van der Waals surface area contributed by atoms with Crippen molar-refractivity contribution >= 4 is 0 Å². The first-order valence-corrected chi connectivity index (χ1v) is 8.04. The minimum atomic E-state index is 0.349. The molecule has 0 spiro atoms. The number of rotatable bonds is 7. The summed E-state index contributed by atoms with van der Waals surface area (Å²) >= 11 is 0. The monoisotopic (exact) mass is 297 g/mol. The summed E-state index contributed by atoms with van der Waals surface area (Å²) in [7, 11) is 1.75. The predicted molar refractivity (Wildman–Crippen MR) is 93.8 cm³/mol. The van der Waals surface area contributed by atoms with Gasteiger partial charge in [0.05, 0.1) is 7.11 Å². The largest absolute Gasteiger partial charge is 0.496 e. The Kier molecular flexibility index (Phi) is 6.02. The van der Waals surface area contributed by atoms with Crippen LogP contribution in [0, 0.1) is 6.92 Å². The van der Waals surface area contributed by atoms with E-state index < -0.39 is 0 Å². The quantitative estimate of drug-likeness (QED) is 0.811. The summed E-state index contributed by atoms with van der Waals surface area (Å²) in [6.07, 6.45) is 1.06. The minimum Gasteiger partial charge on any atom is -0.496 e. The highest BCUT2D eigenvalue weighted by Crippen LogP contribution is 2.34. The molecule has 2 rings (SSSR count). The molecule has 2 nitrogen and oxygen atoms in total. The Morgan fingerprint density at radius 1 is 1.05 bits per heavy atom. The SMILES string of the molecule is COc1ccc(C)cc1[C@@H](CCNC(C)C)c1ccccc1. The topological polar surface area (TPSA) is 21.3 Å². The number of hydrogen-bond donors (Lipinski definition) is 1. The maximum atomic E-state index is 5.61. The van der Waals surface area contributed by atoms with Gasteiger partial charge in [-0.05, 0) is 31.5 Å². The molecule has 2 aromatic rings. The van der Waals surface area contributed by atoms with Gasteiger partial charge in [-0.3, -0.25) is 0 Å². The first-order valence-electron chi connectivity index (χ1n) is 8.04. The maximum absolute atomic E-state index is 5.61. The van der Waals surface area contributed by atoms with Crippen molar-refractivity contribution in [3.63, 3.8) is 0 Å². The molecule has 0 radical (unpaired) electrons. The van der Waals surface area contributed by atoms with Gasteiger partial charge < -0.3 is 10.1 Å². The third kappa shape index (κ3) is 4.35. The molecule has 0 saturated carbocycles. The Balaban J connectivity index is 2.33. The van der Waals surface area contributed by atoms with E-state index in [1.807, 2.05) is 0 Å². The van der Waals surface area contributed by atoms with E-state index in [1.54, 1.807) is 7.11 Å². The lowest BCUT2D eigenvalue weighted by Gasteiger charge is -2.22. The average Bonchev–Trinajstić information content (AvgIpc) is 2.52. The Bertz CT molecular complexity index is 578. The smallest absolute Gasteiger partial charge is 0.122 e. The maximum Gasteiger partial charge on any atom is 0.122 e. The number of hydrogen-bond acceptors (Lipinski definition) is 2. The van der Waals surface area contributed by atoms with Crippen LogP contribution in [0.25, 0.3) is 0 Å². The lowest BCUT2D eigenvalue weighted by atomic mass is 9.87. The van der Waals surface area contributed by atoms with E-state index in [4.69, 9.17) is 4.74 Å². The van der Waals surface area contributed by atoms with Gasteiger partial charge in [0, 0.05) is 17.5 Å². The van der Waals surface area contributed by atoms with Gasteiger partial charge in [0.2, 0.25) is 0 Å². The molecule has 0 amide bonds. The van der Waals surface area contributed by atoms with Gasteiger partial charge in [-0.2, -0.15) is 0 Å². The molecule has 0 bridgehead atoms. The van der Waals surface area contributed by atoms with Crippen molar-refractivity contribution in [2.75, 3.05) is 13.7 Å². The van der Waals surface area contributed by atoms with E-state index in [-0.39, 0.29) is 0 Å². The van der Waals surface area contributed by atoms with E-state index >= 15 is 0 Å². The molecule has 0 unspecified atom stereocenters. The van der Waals surface area contributed by atoms with Gasteiger partial charge in [-0.15, -0.1) is 0 Å². The van der Waals surface area contributed by atoms with Crippen LogP contribution in [0.1, 0.15) is 42.9 Å². The van der Waals surface area contributed by atoms with Crippen LogP contribution in [0.5, 0.6) is 5.75 Å². The molecular weight excluding hydrogens is 270 g/mol. The number of methoxy groups -OCH3 is 1. The van der Waals surface area contributed by atoms with Crippen LogP contribution >= 0.6 is 0 Å². The molecule has 0 heterocycles. The van der Waals surface area contributed by atoms with E-state index in [2.05, 4.69) is 74.6 Å². The molecule has 0 aliphatic carbocycles. The Labute approximate surface area is 134 Å². The van der Waals surface area contributed by atoms with E-state index in [0.717, 1.165) is 18.7 Å². The van der Waals surface area contributed by atoms with Gasteiger partial charge in [0.25, 0.3) is 0 Å². The second kappa shape index (κ2) is 8.00. The van der Waals surface area contributed by atoms with Crippen LogP contribution in [-0.2, 0) is 0 Å². The van der Waals surface area contributed by atoms with Gasteiger partial charge in [0.15, 0.2) is 0 Å². The highest BCUT2D eigenvalue weighted by Gasteiger charge is 2.18. The molecule has 22 heavy (non-hydrogen) atoms. The summed E-state index contributed by atoms with van der Waals surface area (Å²) in [6, 6.07) is 17.7. The summed E-state index contributed by atoms with van der Waals surface area (Å²) in [6.45, 7) is 7.50. The van der Waals surface area contributed by atoms with Crippen molar-refractivity contribution in [3.8, 4) is 5.75 Å². The highest BCUT2D eigenvalue weighted by molar-refractivity contribution is 5.44. The number of benzene rings is 2. The molecule has 2 heteroatoms. The fourth-order valence-corrected chi connectivity index (χ4v) is 2.83. The predicted octanol–water partition coefficient (Wildman–Crippen LogP) is 4.52.